The average molecular weight is 544 g/mol. The Morgan fingerprint density at radius 1 is 0.625 bits per heavy atom. The molecule has 8 atom stereocenters. The van der Waals surface area contributed by atoms with E-state index in [-0.39, 0.29) is 11.1 Å². The van der Waals surface area contributed by atoms with Crippen LogP contribution in [0.5, 0.6) is 17.2 Å². The Kier molecular flexibility index (Phi) is 3.78. The minimum atomic E-state index is -2.36. The zero-order chi connectivity index (χ0) is 28.5. The number of aryl methyl sites for hydroxylation is 1. The fourth-order valence-electron chi connectivity index (χ4n) is 9.35. The van der Waals surface area contributed by atoms with Gasteiger partial charge >= 0.3 is 0 Å². The lowest BCUT2D eigenvalue weighted by Gasteiger charge is -2.53. The van der Waals surface area contributed by atoms with Crippen molar-refractivity contribution < 1.29 is 54.9 Å². The van der Waals surface area contributed by atoms with E-state index in [1.807, 2.05) is 0 Å². The molecule has 4 fully saturated rings. The van der Waals surface area contributed by atoms with Crippen molar-refractivity contribution in [3.8, 4) is 17.2 Å². The maximum Gasteiger partial charge on any atom is 0.175 e. The van der Waals surface area contributed by atoms with Gasteiger partial charge in [-0.3, -0.25) is 19.2 Å². The van der Waals surface area contributed by atoms with Gasteiger partial charge in [0, 0.05) is 29.0 Å². The molecule has 0 radical (unpaired) electrons. The lowest BCUT2D eigenvalue weighted by Crippen LogP contribution is -2.65. The monoisotopic (exact) mass is 544 g/mol. The summed E-state index contributed by atoms with van der Waals surface area (Å²) in [6, 6.07) is 4.43. The SMILES string of the molecule is Cc1cc(O)c2c(c1)C(=O)C13C(=C2O)C(=O)C2C(O)C1C1C(O)C3C(=O)C3=C(O)c4c(O)cc(O)cc4C(=O)C321. The van der Waals surface area contributed by atoms with Crippen LogP contribution in [0.4, 0.5) is 0 Å². The quantitative estimate of drug-likeness (QED) is 0.250. The number of fused-ring (bicyclic) bond motifs is 4. The molecule has 8 unspecified atom stereocenters. The summed E-state index contributed by atoms with van der Waals surface area (Å²) < 4.78 is 0. The number of benzene rings is 2. The standard InChI is InChI=1S/C29H20O11/c1-6-2-8-12(10(31)3-6)20(33)16-24(37)19-22(35)14-15-23(36)18(28(14,16)26(8)39)25(38)17-21(34)13-9(27(40)29(15,17)19)4-7(30)5-11(13)32/h2-5,14-15,18-19,22-23,30-36H,1H3. The maximum absolute atomic E-state index is 14.5. The van der Waals surface area contributed by atoms with Crippen molar-refractivity contribution in [2.75, 3.05) is 0 Å². The maximum atomic E-state index is 14.5. The Balaban J connectivity index is 1.55. The van der Waals surface area contributed by atoms with Gasteiger partial charge in [0.1, 0.15) is 28.8 Å². The molecule has 2 aromatic carbocycles. The summed E-state index contributed by atoms with van der Waals surface area (Å²) in [5.74, 6) is -13.8. The van der Waals surface area contributed by atoms with E-state index in [2.05, 4.69) is 0 Å². The van der Waals surface area contributed by atoms with Gasteiger partial charge in [-0.1, -0.05) is 0 Å². The summed E-state index contributed by atoms with van der Waals surface area (Å²) in [4.78, 5) is 57.6. The first-order valence-corrected chi connectivity index (χ1v) is 12.7. The van der Waals surface area contributed by atoms with Gasteiger partial charge in [0.05, 0.1) is 57.1 Å². The van der Waals surface area contributed by atoms with Gasteiger partial charge in [0.25, 0.3) is 0 Å². The van der Waals surface area contributed by atoms with Gasteiger partial charge in [0.15, 0.2) is 23.1 Å². The van der Waals surface area contributed by atoms with Crippen molar-refractivity contribution >= 4 is 34.7 Å². The molecule has 202 valence electrons. The van der Waals surface area contributed by atoms with Gasteiger partial charge in [-0.15, -0.1) is 0 Å². The number of hydrogen-bond acceptors (Lipinski definition) is 11. The molecule has 4 saturated carbocycles. The lowest BCUT2D eigenvalue weighted by molar-refractivity contribution is -0.142. The zero-order valence-electron chi connectivity index (χ0n) is 20.5. The largest absolute Gasteiger partial charge is 0.508 e. The number of ketones is 4. The number of Topliss-reactive ketones (excluding diaryl/α,β-unsaturated/α-hetero) is 4. The second-order valence-corrected chi connectivity index (χ2v) is 11.7. The molecule has 0 aromatic heterocycles. The van der Waals surface area contributed by atoms with Crippen LogP contribution in [0.15, 0.2) is 35.4 Å². The van der Waals surface area contributed by atoms with E-state index < -0.39 is 121 Å². The molecule has 6 aliphatic carbocycles. The van der Waals surface area contributed by atoms with Gasteiger partial charge < -0.3 is 35.7 Å². The number of carbonyl (C=O) groups excluding carboxylic acids is 4. The van der Waals surface area contributed by atoms with Crippen molar-refractivity contribution in [2.45, 2.75) is 19.1 Å². The summed E-state index contributed by atoms with van der Waals surface area (Å²) in [6.07, 6.45) is -3.49. The Bertz CT molecular complexity index is 1680. The highest BCUT2D eigenvalue weighted by molar-refractivity contribution is 6.30. The van der Waals surface area contributed by atoms with E-state index in [9.17, 15) is 54.9 Å². The Morgan fingerprint density at radius 3 is 1.52 bits per heavy atom. The van der Waals surface area contributed by atoms with Crippen LogP contribution in [0, 0.1) is 41.4 Å². The molecule has 0 heterocycles. The molecule has 11 heteroatoms. The fraction of sp³-hybridized carbons (Fsp3) is 0.310. The second-order valence-electron chi connectivity index (χ2n) is 11.7. The van der Waals surface area contributed by atoms with E-state index >= 15 is 0 Å². The summed E-state index contributed by atoms with van der Waals surface area (Å²) in [7, 11) is 0. The van der Waals surface area contributed by atoms with Crippen molar-refractivity contribution in [1.82, 2.24) is 0 Å². The van der Waals surface area contributed by atoms with Crippen molar-refractivity contribution in [3.05, 3.63) is 63.2 Å². The van der Waals surface area contributed by atoms with Crippen LogP contribution in [0.25, 0.3) is 11.5 Å². The summed E-state index contributed by atoms with van der Waals surface area (Å²) in [6.45, 7) is 1.57. The highest BCUT2D eigenvalue weighted by atomic mass is 16.3. The molecule has 11 nitrogen and oxygen atoms in total. The minimum absolute atomic E-state index is 0.218. The van der Waals surface area contributed by atoms with Crippen LogP contribution >= 0.6 is 0 Å². The first-order chi connectivity index (χ1) is 18.8. The molecule has 4 bridgehead atoms. The first kappa shape index (κ1) is 23.4. The van der Waals surface area contributed by atoms with E-state index in [0.717, 1.165) is 12.1 Å². The molecule has 6 aliphatic rings. The number of aliphatic hydroxyl groups is 4. The number of rotatable bonds is 0. The molecule has 0 saturated heterocycles. The van der Waals surface area contributed by atoms with Crippen LogP contribution in [-0.2, 0) is 9.59 Å². The van der Waals surface area contributed by atoms with Crippen molar-refractivity contribution in [2.24, 2.45) is 34.5 Å². The summed E-state index contributed by atoms with van der Waals surface area (Å²) in [5, 5.41) is 77.6. The van der Waals surface area contributed by atoms with Crippen LogP contribution in [-0.4, -0.2) is 71.1 Å². The molecule has 2 spiro atoms. The minimum Gasteiger partial charge on any atom is -0.508 e. The molecule has 2 aromatic rings. The third-order valence-electron chi connectivity index (χ3n) is 10.3. The third-order valence-corrected chi connectivity index (χ3v) is 10.3. The molecule has 0 aliphatic heterocycles. The second kappa shape index (κ2) is 6.45. The van der Waals surface area contributed by atoms with Crippen LogP contribution in [0.3, 0.4) is 0 Å². The normalized spacial score (nSPS) is 38.1. The van der Waals surface area contributed by atoms with Gasteiger partial charge in [-0.05, 0) is 30.7 Å². The number of aromatic hydroxyl groups is 3. The number of aliphatic hydroxyl groups excluding tert-OH is 4. The predicted octanol–water partition coefficient (Wildman–Crippen LogP) is 1.09. The predicted molar refractivity (Wildman–Crippen MR) is 131 cm³/mol. The number of phenols is 3. The molecule has 8 rings (SSSR count). The first-order valence-electron chi connectivity index (χ1n) is 12.7. The van der Waals surface area contributed by atoms with Crippen molar-refractivity contribution in [3.63, 3.8) is 0 Å². The average Bonchev–Trinajstić information content (AvgIpc) is 3.22. The van der Waals surface area contributed by atoms with Crippen molar-refractivity contribution in [1.29, 1.82) is 0 Å². The van der Waals surface area contributed by atoms with Gasteiger partial charge in [-0.25, -0.2) is 0 Å². The molecule has 40 heavy (non-hydrogen) atoms. The Morgan fingerprint density at radius 2 is 1.05 bits per heavy atom. The lowest BCUT2D eigenvalue weighted by atomic mass is 9.46. The highest BCUT2D eigenvalue weighted by Crippen LogP contribution is 2.80. The molecule has 0 amide bonds. The molecular weight excluding hydrogens is 524 g/mol. The highest BCUT2D eigenvalue weighted by Gasteiger charge is 2.89. The fourth-order valence-corrected chi connectivity index (χ4v) is 9.35. The summed E-state index contributed by atoms with van der Waals surface area (Å²) >= 11 is 0. The number of phenolic OH excluding ortho intramolecular Hbond substituents is 3. The Hall–Kier alpha value is -4.48. The smallest absolute Gasteiger partial charge is 0.175 e. The zero-order valence-corrected chi connectivity index (χ0v) is 20.5. The summed E-state index contributed by atoms with van der Waals surface area (Å²) in [5.41, 5.74) is -6.81. The van der Waals surface area contributed by atoms with Crippen LogP contribution in [0.2, 0.25) is 0 Å². The Labute approximate surface area is 223 Å². The molecule has 7 N–H and O–H groups in total. The van der Waals surface area contributed by atoms with E-state index in [4.69, 9.17) is 0 Å². The number of hydrogen-bond donors (Lipinski definition) is 7. The topological polar surface area (TPSA) is 210 Å². The van der Waals surface area contributed by atoms with Crippen LogP contribution < -0.4 is 0 Å². The van der Waals surface area contributed by atoms with E-state index in [1.54, 1.807) is 6.92 Å². The van der Waals surface area contributed by atoms with E-state index in [0.29, 0.717) is 5.56 Å². The number of allylic oxidation sites excluding steroid dienone is 2. The van der Waals surface area contributed by atoms with Gasteiger partial charge in [-0.2, -0.15) is 0 Å². The van der Waals surface area contributed by atoms with E-state index in [1.165, 1.54) is 12.1 Å². The number of carbonyl (C=O) groups is 4. The van der Waals surface area contributed by atoms with Crippen LogP contribution in [0.1, 0.15) is 37.4 Å². The third kappa shape index (κ3) is 1.93. The van der Waals surface area contributed by atoms with Gasteiger partial charge in [0.2, 0.25) is 0 Å². The molecular formula is C29H20O11.